The van der Waals surface area contributed by atoms with Crippen molar-refractivity contribution < 1.29 is 19.4 Å². The molecule has 0 aromatic carbocycles. The Bertz CT molecular complexity index is 187. The minimum Gasteiger partial charge on any atom is -0.481 e. The number of aliphatic carboxylic acids is 1. The van der Waals surface area contributed by atoms with Crippen molar-refractivity contribution in [2.75, 3.05) is 13.2 Å². The zero-order valence-corrected chi connectivity index (χ0v) is 9.28. The van der Waals surface area contributed by atoms with Gasteiger partial charge in [0.05, 0.1) is 25.2 Å². The van der Waals surface area contributed by atoms with Gasteiger partial charge >= 0.3 is 5.97 Å². The summed E-state index contributed by atoms with van der Waals surface area (Å²) in [5.41, 5.74) is 0. The number of hydrogen-bond acceptors (Lipinski definition) is 3. The molecule has 2 unspecified atom stereocenters. The number of carboxylic acid groups (broad SMARTS) is 1. The molecular formula is C11H20O4. The van der Waals surface area contributed by atoms with Crippen LogP contribution in [0.2, 0.25) is 0 Å². The topological polar surface area (TPSA) is 55.8 Å². The second kappa shape index (κ2) is 6.80. The van der Waals surface area contributed by atoms with Gasteiger partial charge in [0.25, 0.3) is 0 Å². The Morgan fingerprint density at radius 3 is 2.93 bits per heavy atom. The van der Waals surface area contributed by atoms with Crippen LogP contribution < -0.4 is 0 Å². The Morgan fingerprint density at radius 2 is 2.40 bits per heavy atom. The van der Waals surface area contributed by atoms with Crippen molar-refractivity contribution in [1.82, 2.24) is 0 Å². The van der Waals surface area contributed by atoms with Crippen LogP contribution in [0, 0.1) is 0 Å². The maximum Gasteiger partial charge on any atom is 0.305 e. The number of carboxylic acids is 1. The number of carbonyl (C=O) groups is 1. The molecule has 4 nitrogen and oxygen atoms in total. The third kappa shape index (κ3) is 5.14. The monoisotopic (exact) mass is 216 g/mol. The van der Waals surface area contributed by atoms with Crippen LogP contribution in [-0.2, 0) is 14.3 Å². The lowest BCUT2D eigenvalue weighted by Gasteiger charge is -2.24. The van der Waals surface area contributed by atoms with Crippen LogP contribution in [0.4, 0.5) is 0 Å². The fourth-order valence-electron chi connectivity index (χ4n) is 1.70. The van der Waals surface area contributed by atoms with Crippen molar-refractivity contribution in [3.63, 3.8) is 0 Å². The molecule has 1 N–H and O–H groups in total. The summed E-state index contributed by atoms with van der Waals surface area (Å²) in [5, 5.41) is 8.64. The first kappa shape index (κ1) is 12.5. The fourth-order valence-corrected chi connectivity index (χ4v) is 1.70. The molecule has 15 heavy (non-hydrogen) atoms. The molecule has 0 bridgehead atoms. The largest absolute Gasteiger partial charge is 0.481 e. The molecule has 88 valence electrons. The molecule has 2 atom stereocenters. The summed E-state index contributed by atoms with van der Waals surface area (Å²) in [5.74, 6) is -0.800. The van der Waals surface area contributed by atoms with E-state index in [0.717, 1.165) is 25.9 Å². The van der Waals surface area contributed by atoms with E-state index in [-0.39, 0.29) is 18.6 Å². The number of ether oxygens (including phenoxy) is 2. The van der Waals surface area contributed by atoms with E-state index in [2.05, 4.69) is 0 Å². The molecule has 0 spiro atoms. The third-order valence-corrected chi connectivity index (χ3v) is 2.65. The fraction of sp³-hybridized carbons (Fsp3) is 0.909. The highest BCUT2D eigenvalue weighted by Gasteiger charge is 2.17. The Labute approximate surface area is 90.6 Å². The normalized spacial score (nSPS) is 23.7. The Kier molecular flexibility index (Phi) is 5.65. The lowest BCUT2D eigenvalue weighted by Crippen LogP contribution is -2.28. The van der Waals surface area contributed by atoms with Crippen molar-refractivity contribution >= 4 is 5.97 Å². The Morgan fingerprint density at radius 1 is 1.60 bits per heavy atom. The van der Waals surface area contributed by atoms with E-state index in [1.165, 1.54) is 6.42 Å². The molecule has 1 fully saturated rings. The molecule has 0 radical (unpaired) electrons. The summed E-state index contributed by atoms with van der Waals surface area (Å²) in [6.45, 7) is 3.28. The molecule has 0 aromatic heterocycles. The maximum absolute atomic E-state index is 10.5. The van der Waals surface area contributed by atoms with Crippen LogP contribution in [0.5, 0.6) is 0 Å². The summed E-state index contributed by atoms with van der Waals surface area (Å²) < 4.78 is 11.0. The van der Waals surface area contributed by atoms with Gasteiger partial charge in [-0.1, -0.05) is 6.92 Å². The zero-order chi connectivity index (χ0) is 11.1. The smallest absolute Gasteiger partial charge is 0.305 e. The minimum atomic E-state index is -0.800. The van der Waals surface area contributed by atoms with Crippen molar-refractivity contribution in [2.45, 2.75) is 51.2 Å². The van der Waals surface area contributed by atoms with Crippen LogP contribution in [0.25, 0.3) is 0 Å². The van der Waals surface area contributed by atoms with Crippen molar-refractivity contribution in [2.24, 2.45) is 0 Å². The minimum absolute atomic E-state index is 0.0865. The Hall–Kier alpha value is -0.610. The van der Waals surface area contributed by atoms with E-state index in [4.69, 9.17) is 14.6 Å². The molecule has 4 heteroatoms. The van der Waals surface area contributed by atoms with Gasteiger partial charge in [-0.3, -0.25) is 4.79 Å². The molecule has 1 heterocycles. The van der Waals surface area contributed by atoms with Crippen LogP contribution >= 0.6 is 0 Å². The summed E-state index contributed by atoms with van der Waals surface area (Å²) in [6, 6.07) is 0. The van der Waals surface area contributed by atoms with Gasteiger partial charge in [-0.2, -0.15) is 0 Å². The number of rotatable bonds is 6. The average Bonchev–Trinajstić information content (AvgIpc) is 2.25. The predicted octanol–water partition coefficient (Wildman–Crippen LogP) is 1.83. The molecule has 0 aliphatic carbocycles. The lowest BCUT2D eigenvalue weighted by molar-refractivity contribution is -0.141. The Balaban J connectivity index is 2.17. The van der Waals surface area contributed by atoms with E-state index in [1.807, 2.05) is 6.92 Å². The van der Waals surface area contributed by atoms with Crippen LogP contribution in [0.1, 0.15) is 39.0 Å². The molecule has 1 saturated heterocycles. The van der Waals surface area contributed by atoms with Gasteiger partial charge in [0.2, 0.25) is 0 Å². The van der Waals surface area contributed by atoms with E-state index in [9.17, 15) is 4.79 Å². The molecule has 1 aliphatic rings. The SMILES string of the molecule is CCC(CC(=O)O)OCC1CCCCO1. The van der Waals surface area contributed by atoms with Gasteiger partial charge in [0, 0.05) is 6.61 Å². The van der Waals surface area contributed by atoms with Crippen molar-refractivity contribution in [1.29, 1.82) is 0 Å². The second-order valence-electron chi connectivity index (χ2n) is 3.95. The van der Waals surface area contributed by atoms with Crippen LogP contribution in [0.15, 0.2) is 0 Å². The van der Waals surface area contributed by atoms with E-state index < -0.39 is 5.97 Å². The van der Waals surface area contributed by atoms with Crippen molar-refractivity contribution in [3.05, 3.63) is 0 Å². The van der Waals surface area contributed by atoms with Gasteiger partial charge < -0.3 is 14.6 Å². The first-order valence-electron chi connectivity index (χ1n) is 5.67. The van der Waals surface area contributed by atoms with Crippen LogP contribution in [0.3, 0.4) is 0 Å². The summed E-state index contributed by atoms with van der Waals surface area (Å²) in [7, 11) is 0. The quantitative estimate of drug-likeness (QED) is 0.736. The highest BCUT2D eigenvalue weighted by atomic mass is 16.5. The molecule has 0 amide bonds. The highest BCUT2D eigenvalue weighted by Crippen LogP contribution is 2.14. The van der Waals surface area contributed by atoms with Gasteiger partial charge in [-0.15, -0.1) is 0 Å². The maximum atomic E-state index is 10.5. The highest BCUT2D eigenvalue weighted by molar-refractivity contribution is 5.67. The zero-order valence-electron chi connectivity index (χ0n) is 9.28. The van der Waals surface area contributed by atoms with Gasteiger partial charge in [-0.25, -0.2) is 0 Å². The van der Waals surface area contributed by atoms with Gasteiger partial charge in [0.15, 0.2) is 0 Å². The van der Waals surface area contributed by atoms with E-state index in [0.29, 0.717) is 6.61 Å². The average molecular weight is 216 g/mol. The first-order valence-corrected chi connectivity index (χ1v) is 5.67. The van der Waals surface area contributed by atoms with Gasteiger partial charge in [-0.05, 0) is 25.7 Å². The van der Waals surface area contributed by atoms with Crippen molar-refractivity contribution in [3.8, 4) is 0 Å². The summed E-state index contributed by atoms with van der Waals surface area (Å²) in [4.78, 5) is 10.5. The molecule has 0 saturated carbocycles. The van der Waals surface area contributed by atoms with Crippen LogP contribution in [-0.4, -0.2) is 36.5 Å². The predicted molar refractivity (Wildman–Crippen MR) is 55.9 cm³/mol. The van der Waals surface area contributed by atoms with Gasteiger partial charge in [0.1, 0.15) is 0 Å². The third-order valence-electron chi connectivity index (χ3n) is 2.65. The molecule has 0 aromatic rings. The lowest BCUT2D eigenvalue weighted by atomic mass is 10.1. The van der Waals surface area contributed by atoms with E-state index >= 15 is 0 Å². The molecule has 1 aliphatic heterocycles. The summed E-state index contributed by atoms with van der Waals surface area (Å²) in [6.07, 6.45) is 4.16. The standard InChI is InChI=1S/C11H20O4/c1-2-9(7-11(12)13)15-8-10-5-3-4-6-14-10/h9-10H,2-8H2,1H3,(H,12,13). The second-order valence-corrected chi connectivity index (χ2v) is 3.95. The summed E-state index contributed by atoms with van der Waals surface area (Å²) >= 11 is 0. The number of hydrogen-bond donors (Lipinski definition) is 1. The molecule has 1 rings (SSSR count). The molecular weight excluding hydrogens is 196 g/mol. The van der Waals surface area contributed by atoms with E-state index in [1.54, 1.807) is 0 Å². The first-order chi connectivity index (χ1) is 7.22.